The number of hydrogen-bond acceptors (Lipinski definition) is 6. The minimum Gasteiger partial charge on any atom is -0.465 e. The molecule has 3 aromatic rings. The fraction of sp³-hybridized carbons (Fsp3) is 0.231. The smallest absolute Gasteiger partial charge is 0.337 e. The molecule has 9 heteroatoms. The summed E-state index contributed by atoms with van der Waals surface area (Å²) in [7, 11) is 1.31. The number of carbonyl (C=O) groups is 3. The molecule has 182 valence electrons. The Hall–Kier alpha value is -3.91. The van der Waals surface area contributed by atoms with E-state index in [9.17, 15) is 14.4 Å². The summed E-state index contributed by atoms with van der Waals surface area (Å²) >= 11 is 6.46. The molecule has 0 aliphatic carbocycles. The molecule has 0 bridgehead atoms. The van der Waals surface area contributed by atoms with Crippen LogP contribution in [0.25, 0.3) is 6.08 Å². The van der Waals surface area contributed by atoms with Gasteiger partial charge in [0.2, 0.25) is 0 Å². The third-order valence-corrected chi connectivity index (χ3v) is 5.56. The van der Waals surface area contributed by atoms with Crippen LogP contribution in [0.3, 0.4) is 0 Å². The molecule has 1 amide bonds. The van der Waals surface area contributed by atoms with Gasteiger partial charge in [0.15, 0.2) is 6.61 Å². The van der Waals surface area contributed by atoms with Gasteiger partial charge in [0, 0.05) is 18.2 Å². The molecule has 1 aromatic heterocycles. The van der Waals surface area contributed by atoms with Crippen LogP contribution < -0.4 is 5.32 Å². The molecule has 0 atom stereocenters. The second-order valence-corrected chi connectivity index (χ2v) is 8.20. The van der Waals surface area contributed by atoms with Crippen LogP contribution in [-0.4, -0.2) is 41.3 Å². The number of benzene rings is 2. The standard InChI is InChI=1S/C26H26ClN3O5/c1-17-4-6-20(7-5-17)15-30-25(27)22(18(2)29-30)12-13-24(32)35-16-23(31)28-14-19-8-10-21(11-9-19)26(33)34-3/h4-13H,14-16H2,1-3H3,(H,28,31)/b13-12+. The highest BCUT2D eigenvalue weighted by Crippen LogP contribution is 2.22. The van der Waals surface area contributed by atoms with Crippen molar-refractivity contribution in [1.29, 1.82) is 0 Å². The predicted octanol–water partition coefficient (Wildman–Crippen LogP) is 3.86. The van der Waals surface area contributed by atoms with E-state index in [1.165, 1.54) is 24.8 Å². The van der Waals surface area contributed by atoms with E-state index in [1.807, 2.05) is 31.2 Å². The number of nitrogens with one attached hydrogen (secondary N) is 1. The fourth-order valence-electron chi connectivity index (χ4n) is 3.19. The number of methoxy groups -OCH3 is 1. The van der Waals surface area contributed by atoms with Gasteiger partial charge in [-0.25, -0.2) is 14.3 Å². The highest BCUT2D eigenvalue weighted by Gasteiger charge is 2.13. The summed E-state index contributed by atoms with van der Waals surface area (Å²) in [6.45, 7) is 4.12. The Balaban J connectivity index is 1.48. The summed E-state index contributed by atoms with van der Waals surface area (Å²) in [6, 6.07) is 14.7. The molecule has 0 saturated carbocycles. The van der Waals surface area contributed by atoms with Crippen molar-refractivity contribution in [2.24, 2.45) is 0 Å². The molecule has 0 fully saturated rings. The van der Waals surface area contributed by atoms with Crippen molar-refractivity contribution in [1.82, 2.24) is 15.1 Å². The Labute approximate surface area is 208 Å². The van der Waals surface area contributed by atoms with Gasteiger partial charge in [-0.15, -0.1) is 0 Å². The van der Waals surface area contributed by atoms with Crippen LogP contribution in [0, 0.1) is 13.8 Å². The van der Waals surface area contributed by atoms with Crippen LogP contribution >= 0.6 is 11.6 Å². The van der Waals surface area contributed by atoms with Gasteiger partial charge >= 0.3 is 11.9 Å². The van der Waals surface area contributed by atoms with E-state index >= 15 is 0 Å². The first kappa shape index (κ1) is 25.7. The second-order valence-electron chi connectivity index (χ2n) is 7.84. The number of aromatic nitrogens is 2. The maximum Gasteiger partial charge on any atom is 0.337 e. The van der Waals surface area contributed by atoms with Crippen LogP contribution in [0.2, 0.25) is 5.15 Å². The maximum absolute atomic E-state index is 12.1. The van der Waals surface area contributed by atoms with Crippen LogP contribution in [0.1, 0.15) is 38.3 Å². The normalized spacial score (nSPS) is 10.9. The lowest BCUT2D eigenvalue weighted by Gasteiger charge is -2.06. The van der Waals surface area contributed by atoms with E-state index in [0.717, 1.165) is 11.1 Å². The molecule has 1 N–H and O–H groups in total. The van der Waals surface area contributed by atoms with E-state index in [4.69, 9.17) is 16.3 Å². The quantitative estimate of drug-likeness (QED) is 0.357. The van der Waals surface area contributed by atoms with Crippen LogP contribution in [0.5, 0.6) is 0 Å². The molecule has 0 saturated heterocycles. The van der Waals surface area contributed by atoms with E-state index in [1.54, 1.807) is 35.9 Å². The SMILES string of the molecule is COC(=O)c1ccc(CNC(=O)COC(=O)/C=C/c2c(C)nn(Cc3ccc(C)cc3)c2Cl)cc1. The van der Waals surface area contributed by atoms with Crippen LogP contribution in [-0.2, 0) is 32.2 Å². The van der Waals surface area contributed by atoms with Crippen molar-refractivity contribution in [2.45, 2.75) is 26.9 Å². The summed E-state index contributed by atoms with van der Waals surface area (Å²) in [4.78, 5) is 35.5. The molecule has 0 radical (unpaired) electrons. The fourth-order valence-corrected chi connectivity index (χ4v) is 3.49. The van der Waals surface area contributed by atoms with Gasteiger partial charge in [0.25, 0.3) is 5.91 Å². The molecule has 0 unspecified atom stereocenters. The zero-order valence-corrected chi connectivity index (χ0v) is 20.5. The minimum atomic E-state index is -0.677. The van der Waals surface area contributed by atoms with Gasteiger partial charge in [-0.05, 0) is 43.2 Å². The largest absolute Gasteiger partial charge is 0.465 e. The number of amides is 1. The molecule has 2 aromatic carbocycles. The number of esters is 2. The summed E-state index contributed by atoms with van der Waals surface area (Å²) in [5.41, 5.74) is 4.70. The number of carbonyl (C=O) groups excluding carboxylic acids is 3. The molecule has 35 heavy (non-hydrogen) atoms. The number of nitrogens with zero attached hydrogens (tertiary/aromatic N) is 2. The van der Waals surface area contributed by atoms with Gasteiger partial charge in [-0.1, -0.05) is 53.6 Å². The van der Waals surface area contributed by atoms with Gasteiger partial charge in [0.05, 0.1) is 24.9 Å². The van der Waals surface area contributed by atoms with E-state index in [0.29, 0.717) is 28.5 Å². The lowest BCUT2D eigenvalue weighted by atomic mass is 10.1. The minimum absolute atomic E-state index is 0.225. The Morgan fingerprint density at radius 3 is 2.34 bits per heavy atom. The topological polar surface area (TPSA) is 99.5 Å². The lowest BCUT2D eigenvalue weighted by Crippen LogP contribution is -2.28. The first-order valence-corrected chi connectivity index (χ1v) is 11.2. The van der Waals surface area contributed by atoms with E-state index < -0.39 is 24.5 Å². The maximum atomic E-state index is 12.1. The van der Waals surface area contributed by atoms with E-state index in [-0.39, 0.29) is 6.54 Å². The van der Waals surface area contributed by atoms with Crippen molar-refractivity contribution in [2.75, 3.05) is 13.7 Å². The average Bonchev–Trinajstić information content (AvgIpc) is 3.13. The third kappa shape index (κ3) is 7.28. The zero-order valence-electron chi connectivity index (χ0n) is 19.7. The summed E-state index contributed by atoms with van der Waals surface area (Å²) < 4.78 is 11.3. The second kappa shape index (κ2) is 12.0. The molecule has 8 nitrogen and oxygen atoms in total. The van der Waals surface area contributed by atoms with Gasteiger partial charge < -0.3 is 14.8 Å². The number of aryl methyl sites for hydroxylation is 2. The predicted molar refractivity (Wildman–Crippen MR) is 132 cm³/mol. The van der Waals surface area contributed by atoms with Gasteiger partial charge in [0.1, 0.15) is 5.15 Å². The lowest BCUT2D eigenvalue weighted by molar-refractivity contribution is -0.143. The monoisotopic (exact) mass is 495 g/mol. The first-order valence-electron chi connectivity index (χ1n) is 10.8. The Morgan fingerprint density at radius 2 is 1.69 bits per heavy atom. The van der Waals surface area contributed by atoms with Crippen molar-refractivity contribution in [3.8, 4) is 0 Å². The number of hydrogen-bond donors (Lipinski definition) is 1. The van der Waals surface area contributed by atoms with Crippen molar-refractivity contribution in [3.63, 3.8) is 0 Å². The van der Waals surface area contributed by atoms with Crippen LogP contribution in [0.4, 0.5) is 0 Å². The average molecular weight is 496 g/mol. The molecular weight excluding hydrogens is 470 g/mol. The van der Waals surface area contributed by atoms with Gasteiger partial charge in [-0.2, -0.15) is 5.10 Å². The third-order valence-electron chi connectivity index (χ3n) is 5.16. The summed E-state index contributed by atoms with van der Waals surface area (Å²) in [5, 5.41) is 7.50. The molecule has 0 spiro atoms. The van der Waals surface area contributed by atoms with Crippen molar-refractivity contribution >= 4 is 35.5 Å². The molecule has 0 aliphatic heterocycles. The number of ether oxygens (including phenoxy) is 2. The molecule has 1 heterocycles. The highest BCUT2D eigenvalue weighted by molar-refractivity contribution is 6.31. The van der Waals surface area contributed by atoms with Crippen molar-refractivity contribution < 1.29 is 23.9 Å². The van der Waals surface area contributed by atoms with Crippen LogP contribution in [0.15, 0.2) is 54.6 Å². The summed E-state index contributed by atoms with van der Waals surface area (Å²) in [5.74, 6) is -1.57. The van der Waals surface area contributed by atoms with Crippen molar-refractivity contribution in [3.05, 3.63) is 93.3 Å². The Morgan fingerprint density at radius 1 is 1.03 bits per heavy atom. The molecule has 3 rings (SSSR count). The Kier molecular flexibility index (Phi) is 8.80. The first-order chi connectivity index (χ1) is 16.8. The van der Waals surface area contributed by atoms with Gasteiger partial charge in [-0.3, -0.25) is 4.79 Å². The number of rotatable bonds is 9. The van der Waals surface area contributed by atoms with E-state index in [2.05, 4.69) is 15.2 Å². The molecular formula is C26H26ClN3O5. The highest BCUT2D eigenvalue weighted by atomic mass is 35.5. The number of halogens is 1. The summed E-state index contributed by atoms with van der Waals surface area (Å²) in [6.07, 6.45) is 2.74. The Bertz CT molecular complexity index is 1230. The molecule has 0 aliphatic rings. The zero-order chi connectivity index (χ0) is 25.4.